The van der Waals surface area contributed by atoms with Crippen molar-refractivity contribution in [2.75, 3.05) is 0 Å². The molecule has 0 N–H and O–H groups in total. The highest BCUT2D eigenvalue weighted by atomic mass is 35.5. The molecule has 1 amide bonds. The highest BCUT2D eigenvalue weighted by molar-refractivity contribution is 7.09. The van der Waals surface area contributed by atoms with Gasteiger partial charge in [0.15, 0.2) is 0 Å². The molecular formula is C18H20ClNOS. The molecule has 0 bridgehead atoms. The number of thiophene rings is 1. The van der Waals surface area contributed by atoms with E-state index in [-0.39, 0.29) is 12.0 Å². The van der Waals surface area contributed by atoms with Crippen LogP contribution in [0.15, 0.2) is 41.8 Å². The maximum Gasteiger partial charge on any atom is 0.226 e. The van der Waals surface area contributed by atoms with Crippen LogP contribution in [0.1, 0.15) is 30.2 Å². The summed E-state index contributed by atoms with van der Waals surface area (Å²) in [7, 11) is 0. The van der Waals surface area contributed by atoms with Crippen LogP contribution in [0.4, 0.5) is 0 Å². The van der Waals surface area contributed by atoms with Gasteiger partial charge in [-0.3, -0.25) is 4.79 Å². The maximum atomic E-state index is 12.7. The Labute approximate surface area is 140 Å². The Kier molecular flexibility index (Phi) is 4.84. The molecule has 0 saturated heterocycles. The lowest BCUT2D eigenvalue weighted by Gasteiger charge is -2.29. The average Bonchev–Trinajstić information content (AvgIpc) is 3.24. The second-order valence-electron chi connectivity index (χ2n) is 6.00. The SMILES string of the molecule is CC(Cc1cccs1)N(Cc1ccc(Cl)cc1)C(=O)C1CC1. The zero-order valence-corrected chi connectivity index (χ0v) is 14.2. The molecule has 1 unspecified atom stereocenters. The summed E-state index contributed by atoms with van der Waals surface area (Å²) in [5.74, 6) is 0.553. The summed E-state index contributed by atoms with van der Waals surface area (Å²) < 4.78 is 0. The lowest BCUT2D eigenvalue weighted by molar-refractivity contribution is -0.135. The van der Waals surface area contributed by atoms with Crippen molar-refractivity contribution >= 4 is 28.8 Å². The van der Waals surface area contributed by atoms with Crippen LogP contribution >= 0.6 is 22.9 Å². The van der Waals surface area contributed by atoms with E-state index < -0.39 is 0 Å². The summed E-state index contributed by atoms with van der Waals surface area (Å²) in [4.78, 5) is 16.0. The van der Waals surface area contributed by atoms with Gasteiger partial charge in [0, 0.05) is 34.8 Å². The Bertz CT molecular complexity index is 619. The summed E-state index contributed by atoms with van der Waals surface area (Å²) >= 11 is 7.71. The number of rotatable bonds is 6. The van der Waals surface area contributed by atoms with Gasteiger partial charge >= 0.3 is 0 Å². The summed E-state index contributed by atoms with van der Waals surface area (Å²) in [6, 6.07) is 12.2. The molecule has 1 fully saturated rings. The number of hydrogen-bond donors (Lipinski definition) is 0. The van der Waals surface area contributed by atoms with Gasteiger partial charge < -0.3 is 4.90 Å². The number of amides is 1. The van der Waals surface area contributed by atoms with Gasteiger partial charge in [-0.1, -0.05) is 29.8 Å². The molecular weight excluding hydrogens is 314 g/mol. The Balaban J connectivity index is 1.73. The van der Waals surface area contributed by atoms with Crippen molar-refractivity contribution in [1.29, 1.82) is 0 Å². The van der Waals surface area contributed by atoms with Crippen LogP contribution in [0.25, 0.3) is 0 Å². The molecule has 0 aliphatic heterocycles. The van der Waals surface area contributed by atoms with Gasteiger partial charge in [-0.2, -0.15) is 0 Å². The number of carbonyl (C=O) groups excluding carboxylic acids is 1. The molecule has 2 aromatic rings. The molecule has 0 spiro atoms. The van der Waals surface area contributed by atoms with Gasteiger partial charge in [-0.05, 0) is 48.9 Å². The van der Waals surface area contributed by atoms with Crippen molar-refractivity contribution in [1.82, 2.24) is 4.90 Å². The Morgan fingerprint density at radius 2 is 2.05 bits per heavy atom. The van der Waals surface area contributed by atoms with Crippen LogP contribution < -0.4 is 0 Å². The minimum atomic E-state index is 0.211. The van der Waals surface area contributed by atoms with E-state index in [4.69, 9.17) is 11.6 Å². The highest BCUT2D eigenvalue weighted by Gasteiger charge is 2.35. The molecule has 1 saturated carbocycles. The maximum absolute atomic E-state index is 12.7. The first-order valence-electron chi connectivity index (χ1n) is 7.71. The zero-order chi connectivity index (χ0) is 15.5. The van der Waals surface area contributed by atoms with E-state index in [2.05, 4.69) is 24.4 Å². The van der Waals surface area contributed by atoms with Crippen LogP contribution in [0.2, 0.25) is 5.02 Å². The largest absolute Gasteiger partial charge is 0.335 e. The van der Waals surface area contributed by atoms with Crippen molar-refractivity contribution in [3.63, 3.8) is 0 Å². The molecule has 0 radical (unpaired) electrons. The number of benzene rings is 1. The van der Waals surface area contributed by atoms with Crippen molar-refractivity contribution in [2.24, 2.45) is 5.92 Å². The van der Waals surface area contributed by atoms with Crippen molar-refractivity contribution in [3.8, 4) is 0 Å². The second-order valence-corrected chi connectivity index (χ2v) is 7.47. The van der Waals surface area contributed by atoms with E-state index in [1.807, 2.05) is 29.2 Å². The van der Waals surface area contributed by atoms with E-state index in [9.17, 15) is 4.79 Å². The summed E-state index contributed by atoms with van der Waals surface area (Å²) in [6.07, 6.45) is 3.01. The van der Waals surface area contributed by atoms with Crippen LogP contribution in [0.3, 0.4) is 0 Å². The Morgan fingerprint density at radius 3 is 2.64 bits per heavy atom. The molecule has 4 heteroatoms. The number of hydrogen-bond acceptors (Lipinski definition) is 2. The topological polar surface area (TPSA) is 20.3 Å². The Hall–Kier alpha value is -1.32. The second kappa shape index (κ2) is 6.84. The third kappa shape index (κ3) is 3.90. The zero-order valence-electron chi connectivity index (χ0n) is 12.7. The van der Waals surface area contributed by atoms with E-state index in [1.54, 1.807) is 11.3 Å². The number of nitrogens with zero attached hydrogens (tertiary/aromatic N) is 1. The first-order valence-corrected chi connectivity index (χ1v) is 8.96. The minimum Gasteiger partial charge on any atom is -0.335 e. The van der Waals surface area contributed by atoms with Crippen LogP contribution in [-0.2, 0) is 17.8 Å². The Morgan fingerprint density at radius 1 is 1.32 bits per heavy atom. The van der Waals surface area contributed by atoms with E-state index in [1.165, 1.54) is 4.88 Å². The van der Waals surface area contributed by atoms with Crippen LogP contribution in [-0.4, -0.2) is 16.8 Å². The van der Waals surface area contributed by atoms with Crippen LogP contribution in [0.5, 0.6) is 0 Å². The monoisotopic (exact) mass is 333 g/mol. The molecule has 2 nitrogen and oxygen atoms in total. The lowest BCUT2D eigenvalue weighted by Crippen LogP contribution is -2.40. The number of carbonyl (C=O) groups is 1. The third-order valence-electron chi connectivity index (χ3n) is 4.08. The standard InChI is InChI=1S/C18H20ClNOS/c1-13(11-17-3-2-10-22-17)20(18(21)15-6-7-15)12-14-4-8-16(19)9-5-14/h2-5,8-10,13,15H,6-7,11-12H2,1H3. The first kappa shape index (κ1) is 15.6. The van der Waals surface area contributed by atoms with E-state index >= 15 is 0 Å². The first-order chi connectivity index (χ1) is 10.6. The normalized spacial score (nSPS) is 15.5. The van der Waals surface area contributed by atoms with Crippen molar-refractivity contribution in [2.45, 2.75) is 38.8 Å². The predicted molar refractivity (Wildman–Crippen MR) is 92.2 cm³/mol. The summed E-state index contributed by atoms with van der Waals surface area (Å²) in [6.45, 7) is 2.81. The number of halogens is 1. The fraction of sp³-hybridized carbons (Fsp3) is 0.389. The smallest absolute Gasteiger partial charge is 0.226 e. The highest BCUT2D eigenvalue weighted by Crippen LogP contribution is 2.32. The van der Waals surface area contributed by atoms with E-state index in [0.717, 1.165) is 29.8 Å². The van der Waals surface area contributed by atoms with Crippen LogP contribution in [0, 0.1) is 5.92 Å². The fourth-order valence-electron chi connectivity index (χ4n) is 2.63. The van der Waals surface area contributed by atoms with Crippen molar-refractivity contribution in [3.05, 3.63) is 57.2 Å². The molecule has 1 aromatic heterocycles. The molecule has 1 aliphatic rings. The van der Waals surface area contributed by atoms with Gasteiger partial charge in [0.05, 0.1) is 0 Å². The van der Waals surface area contributed by atoms with Gasteiger partial charge in [-0.15, -0.1) is 11.3 Å². The summed E-state index contributed by atoms with van der Waals surface area (Å²) in [5, 5.41) is 2.82. The quantitative estimate of drug-likeness (QED) is 0.745. The lowest BCUT2D eigenvalue weighted by atomic mass is 10.1. The minimum absolute atomic E-state index is 0.211. The van der Waals surface area contributed by atoms with Gasteiger partial charge in [-0.25, -0.2) is 0 Å². The summed E-state index contributed by atoms with van der Waals surface area (Å²) in [5.41, 5.74) is 1.14. The van der Waals surface area contributed by atoms with Gasteiger partial charge in [0.2, 0.25) is 5.91 Å². The van der Waals surface area contributed by atoms with Crippen molar-refractivity contribution < 1.29 is 4.79 Å². The third-order valence-corrected chi connectivity index (χ3v) is 5.24. The average molecular weight is 334 g/mol. The predicted octanol–water partition coefficient (Wildman–Crippen LogP) is 4.77. The van der Waals surface area contributed by atoms with Gasteiger partial charge in [0.25, 0.3) is 0 Å². The molecule has 22 heavy (non-hydrogen) atoms. The molecule has 1 aliphatic carbocycles. The van der Waals surface area contributed by atoms with E-state index in [0.29, 0.717) is 12.5 Å². The molecule has 1 heterocycles. The molecule has 116 valence electrons. The van der Waals surface area contributed by atoms with Gasteiger partial charge in [0.1, 0.15) is 0 Å². The molecule has 3 rings (SSSR count). The fourth-order valence-corrected chi connectivity index (χ4v) is 3.58. The molecule has 1 atom stereocenters. The molecule has 1 aromatic carbocycles.